The van der Waals surface area contributed by atoms with Crippen LogP contribution >= 0.6 is 0 Å². The summed E-state index contributed by atoms with van der Waals surface area (Å²) in [4.78, 5) is 0. The van der Waals surface area contributed by atoms with E-state index < -0.39 is 0 Å². The van der Waals surface area contributed by atoms with Crippen molar-refractivity contribution in [2.75, 3.05) is 5.32 Å². The molecule has 10 rings (SSSR count). The second-order valence-electron chi connectivity index (χ2n) is 14.6. The van der Waals surface area contributed by atoms with E-state index in [1.54, 1.807) is 0 Å². The van der Waals surface area contributed by atoms with Crippen LogP contribution in [-0.4, -0.2) is 0 Å². The molecule has 0 fully saturated rings. The van der Waals surface area contributed by atoms with Crippen LogP contribution in [0.5, 0.6) is 0 Å². The van der Waals surface area contributed by atoms with E-state index in [0.29, 0.717) is 0 Å². The summed E-state index contributed by atoms with van der Waals surface area (Å²) in [5.41, 5.74) is 18.7. The zero-order chi connectivity index (χ0) is 35.5. The number of anilines is 2. The minimum absolute atomic E-state index is 0.0285. The van der Waals surface area contributed by atoms with Gasteiger partial charge in [0.05, 0.1) is 0 Å². The molecule has 0 spiro atoms. The van der Waals surface area contributed by atoms with E-state index >= 15 is 0 Å². The number of hydrogen-bond donors (Lipinski definition) is 1. The summed E-state index contributed by atoms with van der Waals surface area (Å²) in [6, 6.07) is 65.4. The predicted molar refractivity (Wildman–Crippen MR) is 223 cm³/mol. The molecule has 1 aliphatic carbocycles. The second-order valence-corrected chi connectivity index (χ2v) is 14.6. The molecular weight excluding hydrogens is 643 g/mol. The number of para-hydroxylation sites is 2. The Balaban J connectivity index is 0.986. The van der Waals surface area contributed by atoms with Crippen LogP contribution in [0.15, 0.2) is 186 Å². The van der Waals surface area contributed by atoms with E-state index in [1.165, 1.54) is 44.5 Å². The summed E-state index contributed by atoms with van der Waals surface area (Å²) >= 11 is 0. The Morgan fingerprint density at radius 3 is 1.83 bits per heavy atom. The van der Waals surface area contributed by atoms with E-state index in [1.807, 2.05) is 12.1 Å². The third-order valence-electron chi connectivity index (χ3n) is 11.1. The van der Waals surface area contributed by atoms with Crippen LogP contribution < -0.4 is 5.32 Å². The van der Waals surface area contributed by atoms with Gasteiger partial charge in [0.25, 0.3) is 0 Å². The van der Waals surface area contributed by atoms with Gasteiger partial charge in [0.15, 0.2) is 0 Å². The molecule has 0 atom stereocenters. The lowest BCUT2D eigenvalue weighted by atomic mass is 9.81. The van der Waals surface area contributed by atoms with Crippen molar-refractivity contribution in [1.29, 1.82) is 0 Å². The predicted octanol–water partition coefficient (Wildman–Crippen LogP) is 14.3. The maximum atomic E-state index is 6.34. The van der Waals surface area contributed by atoms with Gasteiger partial charge in [0.1, 0.15) is 11.2 Å². The average molecular weight is 680 g/mol. The second kappa shape index (κ2) is 12.3. The van der Waals surface area contributed by atoms with E-state index in [0.717, 1.165) is 55.6 Å². The molecule has 9 aromatic rings. The van der Waals surface area contributed by atoms with Crippen LogP contribution in [0.3, 0.4) is 0 Å². The summed E-state index contributed by atoms with van der Waals surface area (Å²) in [5, 5.41) is 6.04. The van der Waals surface area contributed by atoms with Crippen LogP contribution in [0.2, 0.25) is 0 Å². The fourth-order valence-corrected chi connectivity index (χ4v) is 8.29. The Kier molecular flexibility index (Phi) is 7.19. The minimum atomic E-state index is -0.0285. The van der Waals surface area contributed by atoms with E-state index in [4.69, 9.17) is 4.42 Å². The molecule has 0 amide bonds. The molecule has 8 aromatic carbocycles. The third kappa shape index (κ3) is 5.26. The Hall–Kier alpha value is -6.64. The highest BCUT2D eigenvalue weighted by atomic mass is 16.3. The fraction of sp³-hybridized carbons (Fsp3) is 0.0588. The molecule has 0 aliphatic heterocycles. The molecule has 252 valence electrons. The number of hydrogen-bond acceptors (Lipinski definition) is 2. The van der Waals surface area contributed by atoms with Gasteiger partial charge in [-0.1, -0.05) is 159 Å². The first-order valence-corrected chi connectivity index (χ1v) is 18.3. The minimum Gasteiger partial charge on any atom is -0.455 e. The molecule has 0 bridgehead atoms. The lowest BCUT2D eigenvalue weighted by molar-refractivity contribution is 0.660. The Morgan fingerprint density at radius 1 is 0.396 bits per heavy atom. The monoisotopic (exact) mass is 679 g/mol. The normalized spacial score (nSPS) is 12.9. The van der Waals surface area contributed by atoms with Gasteiger partial charge in [0, 0.05) is 38.7 Å². The highest BCUT2D eigenvalue weighted by Crippen LogP contribution is 2.49. The molecule has 1 aliphatic rings. The van der Waals surface area contributed by atoms with Crippen LogP contribution in [0, 0.1) is 0 Å². The van der Waals surface area contributed by atoms with Crippen LogP contribution in [-0.2, 0) is 5.41 Å². The molecule has 53 heavy (non-hydrogen) atoms. The van der Waals surface area contributed by atoms with Crippen molar-refractivity contribution in [3.63, 3.8) is 0 Å². The quantitative estimate of drug-likeness (QED) is 0.189. The van der Waals surface area contributed by atoms with Crippen molar-refractivity contribution in [2.45, 2.75) is 19.3 Å². The highest BCUT2D eigenvalue weighted by Gasteiger charge is 2.35. The first kappa shape index (κ1) is 31.1. The van der Waals surface area contributed by atoms with Crippen molar-refractivity contribution in [1.82, 2.24) is 0 Å². The van der Waals surface area contributed by atoms with Gasteiger partial charge < -0.3 is 9.73 Å². The molecule has 1 heterocycles. The highest BCUT2D eigenvalue weighted by molar-refractivity contribution is 6.09. The number of benzene rings is 8. The molecule has 2 nitrogen and oxygen atoms in total. The van der Waals surface area contributed by atoms with Crippen molar-refractivity contribution < 1.29 is 4.42 Å². The zero-order valence-electron chi connectivity index (χ0n) is 29.7. The molecule has 0 unspecified atom stereocenters. The van der Waals surface area contributed by atoms with Crippen molar-refractivity contribution in [3.8, 4) is 55.6 Å². The number of fused-ring (bicyclic) bond motifs is 6. The Labute approximate surface area is 310 Å². The lowest BCUT2D eigenvalue weighted by Crippen LogP contribution is -2.14. The maximum Gasteiger partial charge on any atom is 0.143 e. The molecule has 1 N–H and O–H groups in total. The van der Waals surface area contributed by atoms with Crippen LogP contribution in [0.25, 0.3) is 77.6 Å². The third-order valence-corrected chi connectivity index (χ3v) is 11.1. The Bertz CT molecular complexity index is 2810. The SMILES string of the molecule is CC1(C)c2ccccc2-c2ccc(-c3ccc(-c4cc(-c5ccccc5)ccc4Nc4ccc(-c5cccc6c5oc5ccccc56)cc4)cc3)cc21. The van der Waals surface area contributed by atoms with Crippen molar-refractivity contribution in [2.24, 2.45) is 0 Å². The smallest absolute Gasteiger partial charge is 0.143 e. The standard InChI is InChI=1S/C51H37NO/c1-51(2)46-17-8-6-13-41(46)42-29-25-38(32-47(42)51)34-19-21-36(22-20-34)45-31-37(33-11-4-3-5-12-33)26-30-48(45)52-39-27-23-35(24-28-39)40-15-10-16-44-43-14-7-9-18-49(43)53-50(40)44/h3-32,52H,1-2H3. The number of rotatable bonds is 6. The Morgan fingerprint density at radius 2 is 0.981 bits per heavy atom. The molecule has 1 aromatic heterocycles. The fourth-order valence-electron chi connectivity index (χ4n) is 8.29. The van der Waals surface area contributed by atoms with Crippen LogP contribution in [0.4, 0.5) is 11.4 Å². The molecular formula is C51H37NO. The molecule has 2 heteroatoms. The van der Waals surface area contributed by atoms with Crippen LogP contribution in [0.1, 0.15) is 25.0 Å². The molecule has 0 saturated heterocycles. The van der Waals surface area contributed by atoms with Crippen molar-refractivity contribution in [3.05, 3.63) is 193 Å². The van der Waals surface area contributed by atoms with Gasteiger partial charge in [0.2, 0.25) is 0 Å². The first-order chi connectivity index (χ1) is 26.0. The van der Waals surface area contributed by atoms with Gasteiger partial charge in [-0.3, -0.25) is 0 Å². The van der Waals surface area contributed by atoms with Crippen molar-refractivity contribution >= 4 is 33.3 Å². The van der Waals surface area contributed by atoms with Gasteiger partial charge >= 0.3 is 0 Å². The van der Waals surface area contributed by atoms with E-state index in [9.17, 15) is 0 Å². The first-order valence-electron chi connectivity index (χ1n) is 18.3. The summed E-state index contributed by atoms with van der Waals surface area (Å²) in [6.45, 7) is 4.68. The van der Waals surface area contributed by atoms with Gasteiger partial charge in [-0.05, 0) is 92.0 Å². The summed E-state index contributed by atoms with van der Waals surface area (Å²) < 4.78 is 6.34. The summed E-state index contributed by atoms with van der Waals surface area (Å²) in [6.07, 6.45) is 0. The average Bonchev–Trinajstić information content (AvgIpc) is 3.71. The summed E-state index contributed by atoms with van der Waals surface area (Å²) in [7, 11) is 0. The van der Waals surface area contributed by atoms with E-state index in [2.05, 4.69) is 189 Å². The van der Waals surface area contributed by atoms with Gasteiger partial charge in [-0.15, -0.1) is 0 Å². The van der Waals surface area contributed by atoms with Gasteiger partial charge in [-0.2, -0.15) is 0 Å². The number of furan rings is 1. The molecule has 0 saturated carbocycles. The summed E-state index contributed by atoms with van der Waals surface area (Å²) in [5.74, 6) is 0. The largest absolute Gasteiger partial charge is 0.455 e. The van der Waals surface area contributed by atoms with Gasteiger partial charge in [-0.25, -0.2) is 0 Å². The van der Waals surface area contributed by atoms with E-state index in [-0.39, 0.29) is 5.41 Å². The number of nitrogens with one attached hydrogen (secondary N) is 1. The zero-order valence-corrected chi connectivity index (χ0v) is 29.7. The topological polar surface area (TPSA) is 25.2 Å². The maximum absolute atomic E-state index is 6.34. The lowest BCUT2D eigenvalue weighted by Gasteiger charge is -2.22. The molecule has 0 radical (unpaired) electrons.